The number of nitrogens with one attached hydrogen (secondary N) is 1. The third kappa shape index (κ3) is 4.95. The lowest BCUT2D eigenvalue weighted by Gasteiger charge is -2.02. The monoisotopic (exact) mass is 602 g/mol. The zero-order chi connectivity index (χ0) is 31.6. The number of para-hydroxylation sites is 6. The fourth-order valence-corrected chi connectivity index (χ4v) is 6.23. The van der Waals surface area contributed by atoms with E-state index in [4.69, 9.17) is 5.90 Å². The minimum Gasteiger partial charge on any atom is -0.356 e. The van der Waals surface area contributed by atoms with Gasteiger partial charge in [-0.2, -0.15) is 5.90 Å². The first-order valence-electron chi connectivity index (χ1n) is 14.9. The Kier molecular flexibility index (Phi) is 7.50. The van der Waals surface area contributed by atoms with Crippen LogP contribution in [0.25, 0.3) is 65.4 Å². The molecule has 0 atom stereocenters. The summed E-state index contributed by atoms with van der Waals surface area (Å²) in [4.78, 5) is 31.1. The zero-order valence-electron chi connectivity index (χ0n) is 25.1. The fourth-order valence-electron chi connectivity index (χ4n) is 6.23. The molecular weight excluding hydrogens is 572 g/mol. The first kappa shape index (κ1) is 28.6. The Morgan fingerprint density at radius 2 is 0.783 bits per heavy atom. The molecule has 0 bridgehead atoms. The van der Waals surface area contributed by atoms with Gasteiger partial charge >= 0.3 is 6.09 Å². The van der Waals surface area contributed by atoms with Gasteiger partial charge in [-0.15, -0.1) is 0 Å². The second-order valence-electron chi connectivity index (χ2n) is 10.9. The maximum atomic E-state index is 11.7. The van der Waals surface area contributed by atoms with E-state index in [9.17, 15) is 9.59 Å². The van der Waals surface area contributed by atoms with E-state index in [0.717, 1.165) is 43.6 Å². The summed E-state index contributed by atoms with van der Waals surface area (Å²) < 4.78 is 3.25. The smallest absolute Gasteiger partial charge is 0.356 e. The number of nitrogens with zero attached hydrogens (tertiary/aromatic N) is 2. The topological polar surface area (TPSA) is 95.0 Å². The summed E-state index contributed by atoms with van der Waals surface area (Å²) in [5, 5.41) is 6.89. The molecule has 6 aromatic carbocycles. The number of hydrogen-bond donors (Lipinski definition) is 2. The molecule has 0 saturated carbocycles. The van der Waals surface area contributed by atoms with Crippen molar-refractivity contribution in [3.8, 4) is 0 Å². The molecule has 7 heteroatoms. The Hall–Kier alpha value is -6.18. The highest BCUT2D eigenvalue weighted by Gasteiger charge is 2.15. The Labute approximate surface area is 264 Å². The molecule has 0 unspecified atom stereocenters. The SMILES string of the molecule is CC(=O)n1c2ccccc2c2ccccc21.NOC(=O)n1c2ccccc2c2ccccc21.c1ccc2c(c1)[nH]c1ccccc12. The summed E-state index contributed by atoms with van der Waals surface area (Å²) >= 11 is 0. The maximum Gasteiger partial charge on any atom is 0.437 e. The van der Waals surface area contributed by atoms with Crippen LogP contribution in [0.3, 0.4) is 0 Å². The fraction of sp³-hybridized carbons (Fsp3) is 0.0256. The molecule has 0 fully saturated rings. The quantitative estimate of drug-likeness (QED) is 0.169. The third-order valence-corrected chi connectivity index (χ3v) is 8.17. The Morgan fingerprint density at radius 3 is 1.13 bits per heavy atom. The number of H-pyrrole nitrogens is 1. The highest BCUT2D eigenvalue weighted by atomic mass is 16.7. The van der Waals surface area contributed by atoms with Crippen molar-refractivity contribution in [2.75, 3.05) is 0 Å². The van der Waals surface area contributed by atoms with Crippen LogP contribution in [0.15, 0.2) is 146 Å². The molecule has 9 aromatic rings. The van der Waals surface area contributed by atoms with Crippen LogP contribution < -0.4 is 5.90 Å². The van der Waals surface area contributed by atoms with E-state index < -0.39 is 6.09 Å². The van der Waals surface area contributed by atoms with Gasteiger partial charge in [0.15, 0.2) is 0 Å². The average Bonchev–Trinajstić information content (AvgIpc) is 3.76. The van der Waals surface area contributed by atoms with Crippen LogP contribution in [0.2, 0.25) is 0 Å². The molecule has 9 rings (SSSR count). The number of carbonyl (C=O) groups excluding carboxylic acids is 2. The molecule has 7 nitrogen and oxygen atoms in total. The predicted octanol–water partition coefficient (Wildman–Crippen LogP) is 9.43. The van der Waals surface area contributed by atoms with Gasteiger partial charge < -0.3 is 9.82 Å². The number of hydrogen-bond acceptors (Lipinski definition) is 4. The average molecular weight is 603 g/mol. The molecule has 0 aliphatic rings. The largest absolute Gasteiger partial charge is 0.437 e. The molecule has 0 amide bonds. The van der Waals surface area contributed by atoms with Crippen LogP contribution in [0, 0.1) is 0 Å². The van der Waals surface area contributed by atoms with Gasteiger partial charge in [-0.1, -0.05) is 109 Å². The summed E-state index contributed by atoms with van der Waals surface area (Å²) in [5.41, 5.74) is 5.98. The molecule has 0 saturated heterocycles. The van der Waals surface area contributed by atoms with Gasteiger partial charge in [0.25, 0.3) is 0 Å². The Morgan fingerprint density at radius 1 is 0.478 bits per heavy atom. The minimum absolute atomic E-state index is 0.0531. The highest BCUT2D eigenvalue weighted by Crippen LogP contribution is 2.30. The summed E-state index contributed by atoms with van der Waals surface area (Å²) in [6.07, 6.45) is -0.581. The van der Waals surface area contributed by atoms with Crippen molar-refractivity contribution >= 4 is 77.4 Å². The molecule has 0 aliphatic carbocycles. The summed E-state index contributed by atoms with van der Waals surface area (Å²) in [7, 11) is 0. The van der Waals surface area contributed by atoms with Crippen molar-refractivity contribution in [3.63, 3.8) is 0 Å². The van der Waals surface area contributed by atoms with Crippen LogP contribution in [0.4, 0.5) is 4.79 Å². The molecule has 0 radical (unpaired) electrons. The lowest BCUT2D eigenvalue weighted by Crippen LogP contribution is -2.16. The van der Waals surface area contributed by atoms with E-state index >= 15 is 0 Å². The second kappa shape index (κ2) is 12.1. The van der Waals surface area contributed by atoms with Crippen LogP contribution in [0.1, 0.15) is 11.7 Å². The number of nitrogens with two attached hydrogens (primary N) is 1. The van der Waals surface area contributed by atoms with E-state index in [-0.39, 0.29) is 5.91 Å². The molecule has 0 aliphatic heterocycles. The molecule has 46 heavy (non-hydrogen) atoms. The van der Waals surface area contributed by atoms with E-state index in [1.54, 1.807) is 11.5 Å². The van der Waals surface area contributed by atoms with E-state index in [2.05, 4.69) is 70.5 Å². The van der Waals surface area contributed by atoms with Crippen molar-refractivity contribution in [2.24, 2.45) is 5.90 Å². The lowest BCUT2D eigenvalue weighted by molar-refractivity contribution is 0.0946. The van der Waals surface area contributed by atoms with Gasteiger partial charge in [0.1, 0.15) is 0 Å². The third-order valence-electron chi connectivity index (χ3n) is 8.17. The molecule has 3 aromatic heterocycles. The number of benzene rings is 6. The first-order valence-corrected chi connectivity index (χ1v) is 14.9. The van der Waals surface area contributed by atoms with Crippen LogP contribution >= 0.6 is 0 Å². The zero-order valence-corrected chi connectivity index (χ0v) is 25.1. The summed E-state index contributed by atoms with van der Waals surface area (Å²) in [6, 6.07) is 48.0. The molecule has 3 heterocycles. The molecule has 224 valence electrons. The molecule has 0 spiro atoms. The lowest BCUT2D eigenvalue weighted by atomic mass is 10.2. The van der Waals surface area contributed by atoms with Gasteiger partial charge in [-0.25, -0.2) is 9.36 Å². The number of aromatic nitrogens is 3. The van der Waals surface area contributed by atoms with Crippen molar-refractivity contribution in [3.05, 3.63) is 146 Å². The van der Waals surface area contributed by atoms with Gasteiger partial charge in [-0.05, 0) is 36.4 Å². The maximum absolute atomic E-state index is 11.7. The van der Waals surface area contributed by atoms with E-state index in [1.165, 1.54) is 26.4 Å². The standard InChI is InChI=1S/C14H11NO.C13H10N2O2.C12H9N/c1-10(16)15-13-8-4-2-6-11(13)12-7-3-5-9-14(12)15;14-17-13(16)15-11-7-3-1-5-9(11)10-6-2-4-8-12(10)15;1-3-7-11-9(5-1)10-6-2-4-8-12(10)13-11/h2-9H,1H3;1-8H,14H2;1-8,13H. The first-order chi connectivity index (χ1) is 22.6. The number of rotatable bonds is 0. The summed E-state index contributed by atoms with van der Waals surface area (Å²) in [6.45, 7) is 1.60. The normalized spacial score (nSPS) is 11.0. The van der Waals surface area contributed by atoms with Crippen molar-refractivity contribution in [2.45, 2.75) is 6.92 Å². The van der Waals surface area contributed by atoms with Gasteiger partial charge in [0.2, 0.25) is 5.91 Å². The van der Waals surface area contributed by atoms with Gasteiger partial charge in [0.05, 0.1) is 22.1 Å². The predicted molar refractivity (Wildman–Crippen MR) is 187 cm³/mol. The Bertz CT molecular complexity index is 2380. The van der Waals surface area contributed by atoms with E-state index in [0.29, 0.717) is 0 Å². The number of aromatic amines is 1. The van der Waals surface area contributed by atoms with E-state index in [1.807, 2.05) is 84.9 Å². The van der Waals surface area contributed by atoms with Gasteiger partial charge in [-0.3, -0.25) is 9.36 Å². The number of carbonyl (C=O) groups is 2. The minimum atomic E-state index is -0.581. The summed E-state index contributed by atoms with van der Waals surface area (Å²) in [5.74, 6) is 5.03. The van der Waals surface area contributed by atoms with Crippen molar-refractivity contribution in [1.29, 1.82) is 0 Å². The Balaban J connectivity index is 0.000000111. The highest BCUT2D eigenvalue weighted by molar-refractivity contribution is 6.13. The van der Waals surface area contributed by atoms with Crippen molar-refractivity contribution in [1.82, 2.24) is 14.1 Å². The van der Waals surface area contributed by atoms with Crippen LogP contribution in [-0.4, -0.2) is 26.1 Å². The molecular formula is C39H30N4O3. The van der Waals surface area contributed by atoms with Crippen LogP contribution in [0.5, 0.6) is 0 Å². The van der Waals surface area contributed by atoms with Crippen LogP contribution in [-0.2, 0) is 4.84 Å². The number of fused-ring (bicyclic) bond motifs is 9. The molecule has 3 N–H and O–H groups in total. The van der Waals surface area contributed by atoms with Gasteiger partial charge in [0, 0.05) is 50.3 Å². The van der Waals surface area contributed by atoms with Crippen molar-refractivity contribution < 1.29 is 14.4 Å². The second-order valence-corrected chi connectivity index (χ2v) is 10.9.